The van der Waals surface area contributed by atoms with E-state index in [0.29, 0.717) is 10.8 Å². The van der Waals surface area contributed by atoms with Gasteiger partial charge in [-0.15, -0.1) is 6.58 Å². The van der Waals surface area contributed by atoms with E-state index in [9.17, 15) is 0 Å². The summed E-state index contributed by atoms with van der Waals surface area (Å²) in [7, 11) is 0. The molecule has 0 unspecified atom stereocenters. The number of nitrogens with one attached hydrogen (secondary N) is 1. The molecule has 120 valence electrons. The van der Waals surface area contributed by atoms with E-state index < -0.39 is 0 Å². The van der Waals surface area contributed by atoms with Crippen molar-refractivity contribution in [2.75, 3.05) is 6.54 Å². The molecule has 0 spiro atoms. The van der Waals surface area contributed by atoms with Crippen LogP contribution in [0.15, 0.2) is 53.8 Å². The van der Waals surface area contributed by atoms with Crippen molar-refractivity contribution < 1.29 is 0 Å². The van der Waals surface area contributed by atoms with Crippen molar-refractivity contribution in [3.8, 4) is 0 Å². The number of rotatable bonds is 7. The van der Waals surface area contributed by atoms with Crippen molar-refractivity contribution in [2.45, 2.75) is 52.4 Å². The molecule has 0 aromatic carbocycles. The van der Waals surface area contributed by atoms with Gasteiger partial charge >= 0.3 is 0 Å². The second-order valence-corrected chi connectivity index (χ2v) is 7.10. The third-order valence-corrected chi connectivity index (χ3v) is 5.83. The molecule has 3 aliphatic rings. The summed E-state index contributed by atoms with van der Waals surface area (Å²) in [5.41, 5.74) is 3.84. The van der Waals surface area contributed by atoms with Crippen LogP contribution in [0.4, 0.5) is 0 Å². The molecule has 1 N–H and O–H groups in total. The number of fused-ring (bicyclic) bond motifs is 3. The highest BCUT2D eigenvalue weighted by molar-refractivity contribution is 5.55. The maximum Gasteiger partial charge on any atom is 0.0338 e. The first kappa shape index (κ1) is 16.8. The van der Waals surface area contributed by atoms with Gasteiger partial charge in [0.2, 0.25) is 0 Å². The summed E-state index contributed by atoms with van der Waals surface area (Å²) in [6.45, 7) is 17.3. The lowest BCUT2D eigenvalue weighted by molar-refractivity contribution is 0.0240. The van der Waals surface area contributed by atoms with Crippen molar-refractivity contribution in [3.63, 3.8) is 0 Å². The van der Waals surface area contributed by atoms with Gasteiger partial charge in [-0.3, -0.25) is 4.99 Å². The Morgan fingerprint density at radius 2 is 1.73 bits per heavy atom. The molecule has 2 heteroatoms. The predicted octanol–water partition coefficient (Wildman–Crippen LogP) is 5.17. The second-order valence-electron chi connectivity index (χ2n) is 7.10. The Hall–Kier alpha value is -1.57. The zero-order valence-electron chi connectivity index (χ0n) is 14.3. The first-order valence-corrected chi connectivity index (χ1v) is 8.36. The van der Waals surface area contributed by atoms with Crippen LogP contribution in [0.5, 0.6) is 0 Å². The van der Waals surface area contributed by atoms with Crippen LogP contribution < -0.4 is 5.32 Å². The maximum atomic E-state index is 4.16. The second kappa shape index (κ2) is 6.68. The molecule has 0 radical (unpaired) electrons. The van der Waals surface area contributed by atoms with Crippen molar-refractivity contribution in [2.24, 2.45) is 15.8 Å². The van der Waals surface area contributed by atoms with E-state index in [1.54, 1.807) is 6.21 Å². The van der Waals surface area contributed by atoms with Gasteiger partial charge in [-0.25, -0.2) is 0 Å². The molecule has 0 saturated heterocycles. The van der Waals surface area contributed by atoms with Gasteiger partial charge in [0.1, 0.15) is 0 Å². The third kappa shape index (κ3) is 3.43. The summed E-state index contributed by atoms with van der Waals surface area (Å²) in [4.78, 5) is 4.15. The topological polar surface area (TPSA) is 24.4 Å². The quantitative estimate of drug-likeness (QED) is 0.391. The summed E-state index contributed by atoms with van der Waals surface area (Å²) in [5, 5.41) is 3.54. The van der Waals surface area contributed by atoms with Crippen LogP contribution >= 0.6 is 0 Å². The first-order valence-electron chi connectivity index (χ1n) is 8.36. The SMILES string of the molecule is C=CC12CCC(CNC(=C)C(=C)/C(C)=C\N=CC)(CC1)CC2. The summed E-state index contributed by atoms with van der Waals surface area (Å²) in [5.74, 6) is 0. The van der Waals surface area contributed by atoms with Gasteiger partial charge in [0.15, 0.2) is 0 Å². The molecular formula is C20H30N2. The van der Waals surface area contributed by atoms with Crippen molar-refractivity contribution in [1.29, 1.82) is 0 Å². The molecule has 3 fully saturated rings. The van der Waals surface area contributed by atoms with E-state index in [2.05, 4.69) is 36.1 Å². The van der Waals surface area contributed by atoms with E-state index in [1.165, 1.54) is 38.5 Å². The van der Waals surface area contributed by atoms with Crippen LogP contribution in [0.1, 0.15) is 52.4 Å². The molecule has 0 aromatic rings. The molecule has 0 atom stereocenters. The van der Waals surface area contributed by atoms with Gasteiger partial charge in [0.25, 0.3) is 0 Å². The smallest absolute Gasteiger partial charge is 0.0338 e. The average molecular weight is 298 g/mol. The highest BCUT2D eigenvalue weighted by Gasteiger charge is 2.46. The molecule has 2 nitrogen and oxygen atoms in total. The predicted molar refractivity (Wildman–Crippen MR) is 97.0 cm³/mol. The average Bonchev–Trinajstić information content (AvgIpc) is 2.58. The normalized spacial score (nSPS) is 31.3. The molecular weight excluding hydrogens is 268 g/mol. The lowest BCUT2D eigenvalue weighted by Gasteiger charge is -2.52. The third-order valence-electron chi connectivity index (χ3n) is 5.83. The van der Waals surface area contributed by atoms with Crippen LogP contribution in [0, 0.1) is 10.8 Å². The van der Waals surface area contributed by atoms with E-state index in [-0.39, 0.29) is 0 Å². The fourth-order valence-electron chi connectivity index (χ4n) is 3.77. The van der Waals surface area contributed by atoms with Gasteiger partial charge < -0.3 is 5.32 Å². The molecule has 0 aromatic heterocycles. The Kier molecular flexibility index (Phi) is 5.10. The number of aliphatic imine (C=N–C) groups is 1. The highest BCUT2D eigenvalue weighted by atomic mass is 14.9. The first-order chi connectivity index (χ1) is 10.5. The number of hydrogen-bond donors (Lipinski definition) is 1. The monoisotopic (exact) mass is 298 g/mol. The zero-order chi connectivity index (χ0) is 16.2. The molecule has 0 amide bonds. The minimum absolute atomic E-state index is 0.444. The van der Waals surface area contributed by atoms with Gasteiger partial charge in [0, 0.05) is 24.7 Å². The minimum Gasteiger partial charge on any atom is -0.384 e. The van der Waals surface area contributed by atoms with Gasteiger partial charge in [0.05, 0.1) is 0 Å². The summed E-state index contributed by atoms with van der Waals surface area (Å²) >= 11 is 0. The van der Waals surface area contributed by atoms with E-state index in [4.69, 9.17) is 0 Å². The largest absolute Gasteiger partial charge is 0.384 e. The van der Waals surface area contributed by atoms with Gasteiger partial charge in [-0.2, -0.15) is 0 Å². The Morgan fingerprint density at radius 3 is 2.23 bits per heavy atom. The molecule has 22 heavy (non-hydrogen) atoms. The maximum absolute atomic E-state index is 4.16. The van der Waals surface area contributed by atoms with Crippen LogP contribution in [-0.4, -0.2) is 12.8 Å². The lowest BCUT2D eigenvalue weighted by atomic mass is 9.54. The molecule has 3 rings (SSSR count). The highest BCUT2D eigenvalue weighted by Crippen LogP contribution is 2.57. The summed E-state index contributed by atoms with van der Waals surface area (Å²) in [6.07, 6.45) is 13.7. The zero-order valence-corrected chi connectivity index (χ0v) is 14.3. The minimum atomic E-state index is 0.444. The van der Waals surface area contributed by atoms with Crippen molar-refractivity contribution in [3.05, 3.63) is 48.9 Å². The number of allylic oxidation sites excluding steroid dienone is 2. The van der Waals surface area contributed by atoms with Crippen LogP contribution in [-0.2, 0) is 0 Å². The lowest BCUT2D eigenvalue weighted by Crippen LogP contribution is -2.45. The Morgan fingerprint density at radius 1 is 1.14 bits per heavy atom. The molecule has 3 aliphatic carbocycles. The fourth-order valence-corrected chi connectivity index (χ4v) is 3.77. The van der Waals surface area contributed by atoms with Crippen molar-refractivity contribution >= 4 is 6.21 Å². The Balaban J connectivity index is 1.90. The van der Waals surface area contributed by atoms with Crippen LogP contribution in [0.25, 0.3) is 0 Å². The standard InChI is InChI=1S/C20H30N2/c1-6-19-8-11-20(12-9-19,13-10-19)15-22-18(5)17(4)16(3)14-21-7-2/h6-7,14,22H,1,4-5,8-13,15H2,2-3H3/b16-14-,21-7?. The van der Waals surface area contributed by atoms with E-state index in [0.717, 1.165) is 23.4 Å². The number of nitrogens with zero attached hydrogens (tertiary/aromatic N) is 1. The molecule has 0 heterocycles. The van der Waals surface area contributed by atoms with Gasteiger partial charge in [-0.05, 0) is 74.3 Å². The van der Waals surface area contributed by atoms with Crippen LogP contribution in [0.3, 0.4) is 0 Å². The van der Waals surface area contributed by atoms with Gasteiger partial charge in [-0.1, -0.05) is 19.2 Å². The molecule has 0 aliphatic heterocycles. The summed E-state index contributed by atoms with van der Waals surface area (Å²) < 4.78 is 0. The Bertz CT molecular complexity index is 497. The van der Waals surface area contributed by atoms with E-state index >= 15 is 0 Å². The number of hydrogen-bond acceptors (Lipinski definition) is 2. The van der Waals surface area contributed by atoms with Crippen LogP contribution in [0.2, 0.25) is 0 Å². The summed E-state index contributed by atoms with van der Waals surface area (Å²) in [6, 6.07) is 0. The van der Waals surface area contributed by atoms with E-state index in [1.807, 2.05) is 20.0 Å². The Labute approximate surface area is 135 Å². The fraction of sp³-hybridized carbons (Fsp3) is 0.550. The molecule has 3 saturated carbocycles. The van der Waals surface area contributed by atoms with Crippen molar-refractivity contribution in [1.82, 2.24) is 5.32 Å². The molecule has 2 bridgehead atoms.